The lowest BCUT2D eigenvalue weighted by Crippen LogP contribution is -2.34. The zero-order valence-electron chi connectivity index (χ0n) is 30.0. The van der Waals surface area contributed by atoms with Crippen LogP contribution < -0.4 is 0 Å². The third kappa shape index (κ3) is 5.22. The fraction of sp³-hybridized carbons (Fsp3) is 0.188. The lowest BCUT2D eigenvalue weighted by molar-refractivity contribution is 0.332. The van der Waals surface area contributed by atoms with E-state index in [9.17, 15) is 0 Å². The first-order valence-corrected chi connectivity index (χ1v) is 18.1. The highest BCUT2D eigenvalue weighted by Crippen LogP contribution is 2.48. The SMILES string of the molecule is Cc1cc2c(cc1-c1ccc(-c3nc(-c4cccc5ccccc45)nc(-c4cccc5ccccc45)n3)c3ccccc13)C(C)(C)CCC2(C)C. The number of hydrogen-bond acceptors (Lipinski definition) is 3. The smallest absolute Gasteiger partial charge is 0.164 e. The first-order chi connectivity index (χ1) is 24.7. The van der Waals surface area contributed by atoms with E-state index in [0.29, 0.717) is 17.5 Å². The average Bonchev–Trinajstić information content (AvgIpc) is 3.15. The van der Waals surface area contributed by atoms with Gasteiger partial charge in [-0.15, -0.1) is 0 Å². The third-order valence-electron chi connectivity index (χ3n) is 11.3. The van der Waals surface area contributed by atoms with Gasteiger partial charge in [0.05, 0.1) is 0 Å². The zero-order chi connectivity index (χ0) is 34.9. The van der Waals surface area contributed by atoms with Crippen LogP contribution in [0.2, 0.25) is 0 Å². The minimum absolute atomic E-state index is 0.129. The van der Waals surface area contributed by atoms with Crippen molar-refractivity contribution in [3.63, 3.8) is 0 Å². The molecule has 0 fully saturated rings. The van der Waals surface area contributed by atoms with Crippen LogP contribution in [0.15, 0.2) is 133 Å². The molecule has 51 heavy (non-hydrogen) atoms. The van der Waals surface area contributed by atoms with E-state index in [1.54, 1.807) is 0 Å². The molecular formula is C48H41N3. The Bertz CT molecular complexity index is 2560. The van der Waals surface area contributed by atoms with Gasteiger partial charge in [-0.3, -0.25) is 0 Å². The molecule has 0 aliphatic heterocycles. The topological polar surface area (TPSA) is 38.7 Å². The molecule has 7 aromatic carbocycles. The monoisotopic (exact) mass is 659 g/mol. The van der Waals surface area contributed by atoms with Crippen LogP contribution in [0.5, 0.6) is 0 Å². The van der Waals surface area contributed by atoms with Crippen LogP contribution in [0.25, 0.3) is 77.6 Å². The second-order valence-electron chi connectivity index (χ2n) is 15.5. The Morgan fingerprint density at radius 3 is 1.31 bits per heavy atom. The van der Waals surface area contributed by atoms with Crippen molar-refractivity contribution in [1.29, 1.82) is 0 Å². The van der Waals surface area contributed by atoms with Gasteiger partial charge in [0.15, 0.2) is 17.5 Å². The van der Waals surface area contributed by atoms with Crippen molar-refractivity contribution in [2.75, 3.05) is 0 Å². The van der Waals surface area contributed by atoms with E-state index in [4.69, 9.17) is 15.0 Å². The zero-order valence-corrected chi connectivity index (χ0v) is 30.0. The molecule has 0 atom stereocenters. The molecule has 8 aromatic rings. The molecule has 3 heteroatoms. The van der Waals surface area contributed by atoms with Crippen LogP contribution in [-0.4, -0.2) is 15.0 Å². The highest BCUT2D eigenvalue weighted by atomic mass is 15.0. The standard InChI is InChI=1S/C48H41N3/c1-30-28-42-43(48(4,5)27-26-47(42,2)3)29-41(30)37-24-25-40(36-21-11-10-20-35(36)37)46-50-44(38-22-12-16-31-14-6-8-18-33(31)38)49-45(51-46)39-23-13-17-32-15-7-9-19-34(32)39/h6-25,28-29H,26-27H2,1-5H3. The molecule has 0 N–H and O–H groups in total. The fourth-order valence-corrected chi connectivity index (χ4v) is 8.32. The Hall–Kier alpha value is -5.67. The summed E-state index contributed by atoms with van der Waals surface area (Å²) in [4.78, 5) is 15.7. The second kappa shape index (κ2) is 11.7. The van der Waals surface area contributed by atoms with Gasteiger partial charge in [-0.25, -0.2) is 15.0 Å². The number of aromatic nitrogens is 3. The molecule has 0 saturated carbocycles. The molecule has 0 saturated heterocycles. The van der Waals surface area contributed by atoms with Gasteiger partial charge in [0.1, 0.15) is 0 Å². The van der Waals surface area contributed by atoms with Gasteiger partial charge < -0.3 is 0 Å². The van der Waals surface area contributed by atoms with Crippen molar-refractivity contribution < 1.29 is 0 Å². The summed E-state index contributed by atoms with van der Waals surface area (Å²) in [5.74, 6) is 2.01. The second-order valence-corrected chi connectivity index (χ2v) is 15.5. The lowest BCUT2D eigenvalue weighted by atomic mass is 9.62. The van der Waals surface area contributed by atoms with E-state index < -0.39 is 0 Å². The molecule has 0 spiro atoms. The molecule has 0 amide bonds. The summed E-state index contributed by atoms with van der Waals surface area (Å²) in [6.07, 6.45) is 2.39. The molecule has 9 rings (SSSR count). The first kappa shape index (κ1) is 31.3. The van der Waals surface area contributed by atoms with Gasteiger partial charge in [-0.05, 0) is 96.8 Å². The predicted octanol–water partition coefficient (Wildman–Crippen LogP) is 12.7. The van der Waals surface area contributed by atoms with Crippen molar-refractivity contribution in [3.8, 4) is 45.3 Å². The fourth-order valence-electron chi connectivity index (χ4n) is 8.32. The van der Waals surface area contributed by atoms with Crippen molar-refractivity contribution >= 4 is 32.3 Å². The molecule has 1 heterocycles. The van der Waals surface area contributed by atoms with Gasteiger partial charge in [0.2, 0.25) is 0 Å². The van der Waals surface area contributed by atoms with Crippen molar-refractivity contribution in [1.82, 2.24) is 15.0 Å². The third-order valence-corrected chi connectivity index (χ3v) is 11.3. The molecule has 0 bridgehead atoms. The summed E-state index contributed by atoms with van der Waals surface area (Å²) in [6, 6.07) is 47.8. The minimum atomic E-state index is 0.129. The lowest BCUT2D eigenvalue weighted by Gasteiger charge is -2.42. The van der Waals surface area contributed by atoms with Gasteiger partial charge in [0.25, 0.3) is 0 Å². The maximum absolute atomic E-state index is 5.27. The first-order valence-electron chi connectivity index (χ1n) is 18.1. The number of rotatable bonds is 4. The Kier molecular flexibility index (Phi) is 7.19. The minimum Gasteiger partial charge on any atom is -0.208 e. The van der Waals surface area contributed by atoms with Gasteiger partial charge in [0, 0.05) is 16.7 Å². The van der Waals surface area contributed by atoms with Crippen LogP contribution in [0.4, 0.5) is 0 Å². The number of nitrogens with zero attached hydrogens (tertiary/aromatic N) is 3. The Labute approximate surface area is 300 Å². The number of fused-ring (bicyclic) bond motifs is 4. The Morgan fingerprint density at radius 1 is 0.392 bits per heavy atom. The number of hydrogen-bond donors (Lipinski definition) is 0. The summed E-state index contributed by atoms with van der Waals surface area (Å²) in [7, 11) is 0. The Balaban J connectivity index is 1.29. The van der Waals surface area contributed by atoms with E-state index in [-0.39, 0.29) is 10.8 Å². The maximum Gasteiger partial charge on any atom is 0.164 e. The molecule has 1 aliphatic carbocycles. The van der Waals surface area contributed by atoms with Crippen molar-refractivity contribution in [2.45, 2.75) is 58.3 Å². The quantitative estimate of drug-likeness (QED) is 0.189. The highest BCUT2D eigenvalue weighted by Gasteiger charge is 2.37. The highest BCUT2D eigenvalue weighted by molar-refractivity contribution is 6.05. The van der Waals surface area contributed by atoms with Crippen molar-refractivity contribution in [2.24, 2.45) is 0 Å². The van der Waals surface area contributed by atoms with Crippen LogP contribution in [0.3, 0.4) is 0 Å². The van der Waals surface area contributed by atoms with Crippen molar-refractivity contribution in [3.05, 3.63) is 150 Å². The van der Waals surface area contributed by atoms with Crippen LogP contribution >= 0.6 is 0 Å². The van der Waals surface area contributed by atoms with Crippen LogP contribution in [0.1, 0.15) is 57.2 Å². The molecule has 0 radical (unpaired) electrons. The summed E-state index contributed by atoms with van der Waals surface area (Å²) in [5.41, 5.74) is 10.1. The molecule has 1 aliphatic rings. The summed E-state index contributed by atoms with van der Waals surface area (Å²) in [6.45, 7) is 11.9. The maximum atomic E-state index is 5.27. The van der Waals surface area contributed by atoms with Crippen LogP contribution in [0, 0.1) is 6.92 Å². The normalized spacial score (nSPS) is 14.9. The van der Waals surface area contributed by atoms with Gasteiger partial charge in [-0.2, -0.15) is 0 Å². The predicted molar refractivity (Wildman–Crippen MR) is 214 cm³/mol. The molecule has 1 aromatic heterocycles. The Morgan fingerprint density at radius 2 is 0.784 bits per heavy atom. The van der Waals surface area contributed by atoms with Gasteiger partial charge in [-0.1, -0.05) is 155 Å². The van der Waals surface area contributed by atoms with E-state index in [1.165, 1.54) is 46.0 Å². The van der Waals surface area contributed by atoms with E-state index in [1.807, 2.05) is 0 Å². The molecule has 3 nitrogen and oxygen atoms in total. The summed E-state index contributed by atoms with van der Waals surface area (Å²) >= 11 is 0. The van der Waals surface area contributed by atoms with E-state index in [0.717, 1.165) is 43.6 Å². The number of benzene rings is 7. The summed E-state index contributed by atoms with van der Waals surface area (Å²) in [5, 5.41) is 6.89. The van der Waals surface area contributed by atoms with Crippen LogP contribution in [-0.2, 0) is 10.8 Å². The molecular weight excluding hydrogens is 619 g/mol. The van der Waals surface area contributed by atoms with E-state index >= 15 is 0 Å². The van der Waals surface area contributed by atoms with E-state index in [2.05, 4.69) is 168 Å². The largest absolute Gasteiger partial charge is 0.208 e. The molecule has 0 unspecified atom stereocenters. The number of aryl methyl sites for hydroxylation is 1. The average molecular weight is 660 g/mol. The van der Waals surface area contributed by atoms with Gasteiger partial charge >= 0.3 is 0 Å². The molecule has 248 valence electrons. The summed E-state index contributed by atoms with van der Waals surface area (Å²) < 4.78 is 0.